The average Bonchev–Trinajstić information content (AvgIpc) is 2.89. The highest BCUT2D eigenvalue weighted by atomic mass is 31.2. The maximum absolute atomic E-state index is 13.7. The zero-order valence-electron chi connectivity index (χ0n) is 19.7. The monoisotopic (exact) mass is 522 g/mol. The van der Waals surface area contributed by atoms with Crippen LogP contribution in [-0.4, -0.2) is 12.3 Å². The second-order valence-corrected chi connectivity index (χ2v) is 12.1. The Hall–Kier alpha value is -3.46. The lowest BCUT2D eigenvalue weighted by Crippen LogP contribution is -2.08. The van der Waals surface area contributed by atoms with Crippen molar-refractivity contribution >= 4 is 15.2 Å². The summed E-state index contributed by atoms with van der Waals surface area (Å²) < 4.78 is 50.7. The van der Waals surface area contributed by atoms with Crippen LogP contribution in [0.5, 0.6) is 23.0 Å². The van der Waals surface area contributed by atoms with Crippen molar-refractivity contribution in [3.63, 3.8) is 0 Å². The van der Waals surface area contributed by atoms with Gasteiger partial charge in [-0.05, 0) is 61.4 Å². The molecule has 8 heteroatoms. The van der Waals surface area contributed by atoms with Crippen molar-refractivity contribution < 1.29 is 27.2 Å². The summed E-state index contributed by atoms with van der Waals surface area (Å²) in [4.78, 5) is 0. The fourth-order valence-electron chi connectivity index (χ4n) is 3.40. The van der Waals surface area contributed by atoms with Gasteiger partial charge in [-0.3, -0.25) is 0 Å². The smallest absolute Gasteiger partial charge is 0.416 e. The summed E-state index contributed by atoms with van der Waals surface area (Å²) in [6.07, 6.45) is 1.12. The van der Waals surface area contributed by atoms with Crippen molar-refractivity contribution in [2.24, 2.45) is 0 Å². The summed E-state index contributed by atoms with van der Waals surface area (Å²) in [5.74, 6) is 1.84. The molecule has 4 aromatic rings. The predicted octanol–water partition coefficient (Wildman–Crippen LogP) is 8.47. The molecule has 0 saturated carbocycles. The maximum Gasteiger partial charge on any atom is 0.430 e. The molecule has 0 spiro atoms. The highest BCUT2D eigenvalue weighted by Crippen LogP contribution is 2.52. The quantitative estimate of drug-likeness (QED) is 0.130. The molecule has 186 valence electrons. The second kappa shape index (κ2) is 12.5. The van der Waals surface area contributed by atoms with E-state index in [0.29, 0.717) is 35.8 Å². The molecule has 0 fully saturated rings. The van der Waals surface area contributed by atoms with E-state index in [2.05, 4.69) is 0 Å². The van der Waals surface area contributed by atoms with Gasteiger partial charge in [0.2, 0.25) is 0 Å². The van der Waals surface area contributed by atoms with Gasteiger partial charge in [-0.2, -0.15) is 0 Å². The van der Waals surface area contributed by atoms with Gasteiger partial charge in [0.25, 0.3) is 0 Å². The summed E-state index contributed by atoms with van der Waals surface area (Å²) in [5, 5.41) is 0. The minimum absolute atomic E-state index is 0.132. The number of rotatable bonds is 13. The molecule has 36 heavy (non-hydrogen) atoms. The molecular weight excluding hydrogens is 494 g/mol. The molecule has 0 unspecified atom stereocenters. The lowest BCUT2D eigenvalue weighted by molar-refractivity contribution is 0.377. The normalized spacial score (nSPS) is 11.4. The predicted molar refractivity (Wildman–Crippen MR) is 142 cm³/mol. The van der Waals surface area contributed by atoms with E-state index in [9.17, 15) is 9.13 Å². The molecule has 4 rings (SSSR count). The highest BCUT2D eigenvalue weighted by molar-refractivity contribution is 7.55. The lowest BCUT2D eigenvalue weighted by atomic mass is 10.3. The first-order valence-electron chi connectivity index (χ1n) is 11.7. The van der Waals surface area contributed by atoms with Crippen molar-refractivity contribution in [1.29, 1.82) is 0 Å². The fraction of sp³-hybridized carbons (Fsp3) is 0.143. The van der Waals surface area contributed by atoms with Crippen molar-refractivity contribution in [2.45, 2.75) is 12.8 Å². The Bertz CT molecular complexity index is 1090. The van der Waals surface area contributed by atoms with Crippen molar-refractivity contribution in [3.05, 3.63) is 121 Å². The first-order valence-corrected chi connectivity index (χ1v) is 15.1. The molecule has 0 N–H and O–H groups in total. The van der Waals surface area contributed by atoms with Gasteiger partial charge < -0.3 is 18.1 Å². The van der Waals surface area contributed by atoms with Gasteiger partial charge in [0.05, 0.1) is 12.3 Å². The zero-order valence-corrected chi connectivity index (χ0v) is 21.5. The third-order valence-electron chi connectivity index (χ3n) is 5.06. The Morgan fingerprint density at radius 3 is 0.833 bits per heavy atom. The van der Waals surface area contributed by atoms with Crippen LogP contribution in [0.1, 0.15) is 12.8 Å². The van der Waals surface area contributed by atoms with Crippen LogP contribution in [0, 0.1) is 0 Å². The Morgan fingerprint density at radius 1 is 0.389 bits per heavy atom. The highest BCUT2D eigenvalue weighted by Gasteiger charge is 2.31. The molecular formula is C28H28O6P2. The van der Waals surface area contributed by atoms with Crippen LogP contribution in [0.3, 0.4) is 0 Å². The minimum atomic E-state index is -3.55. The van der Waals surface area contributed by atoms with Crippen LogP contribution in [0.25, 0.3) is 0 Å². The molecule has 0 aromatic heterocycles. The average molecular weight is 522 g/mol. The molecule has 0 amide bonds. The number of unbranched alkanes of at least 4 members (excludes halogenated alkanes) is 1. The van der Waals surface area contributed by atoms with Crippen LogP contribution < -0.4 is 18.1 Å². The minimum Gasteiger partial charge on any atom is -0.416 e. The molecule has 0 radical (unpaired) electrons. The third kappa shape index (κ3) is 8.05. The van der Waals surface area contributed by atoms with Crippen LogP contribution in [0.4, 0.5) is 0 Å². The van der Waals surface area contributed by atoms with E-state index >= 15 is 0 Å². The van der Waals surface area contributed by atoms with E-state index in [4.69, 9.17) is 18.1 Å². The number of hydrogen-bond acceptors (Lipinski definition) is 6. The van der Waals surface area contributed by atoms with Crippen LogP contribution in [-0.2, 0) is 9.13 Å². The molecule has 0 aliphatic rings. The Morgan fingerprint density at radius 2 is 0.611 bits per heavy atom. The summed E-state index contributed by atoms with van der Waals surface area (Å²) in [7, 11) is -7.10. The number of benzene rings is 4. The largest absolute Gasteiger partial charge is 0.430 e. The molecule has 0 aliphatic heterocycles. The van der Waals surface area contributed by atoms with Gasteiger partial charge in [0, 0.05) is 0 Å². The summed E-state index contributed by atoms with van der Waals surface area (Å²) in [6, 6.07) is 35.7. The van der Waals surface area contributed by atoms with Gasteiger partial charge in [0.15, 0.2) is 0 Å². The molecule has 0 saturated heterocycles. The number of hydrogen-bond donors (Lipinski definition) is 0. The van der Waals surface area contributed by atoms with Crippen molar-refractivity contribution in [3.8, 4) is 23.0 Å². The molecule has 0 aliphatic carbocycles. The first kappa shape index (κ1) is 25.6. The van der Waals surface area contributed by atoms with E-state index in [0.717, 1.165) is 0 Å². The van der Waals surface area contributed by atoms with E-state index in [1.807, 2.05) is 24.3 Å². The Balaban J connectivity index is 1.43. The lowest BCUT2D eigenvalue weighted by Gasteiger charge is -2.22. The Kier molecular flexibility index (Phi) is 8.89. The number of para-hydroxylation sites is 4. The molecule has 6 nitrogen and oxygen atoms in total. The first-order chi connectivity index (χ1) is 17.5. The van der Waals surface area contributed by atoms with E-state index in [1.54, 1.807) is 97.1 Å². The van der Waals surface area contributed by atoms with Crippen molar-refractivity contribution in [1.82, 2.24) is 0 Å². The van der Waals surface area contributed by atoms with Crippen LogP contribution in [0.2, 0.25) is 0 Å². The summed E-state index contributed by atoms with van der Waals surface area (Å²) >= 11 is 0. The Labute approximate surface area is 211 Å². The van der Waals surface area contributed by atoms with E-state index in [1.165, 1.54) is 0 Å². The van der Waals surface area contributed by atoms with Crippen LogP contribution >= 0.6 is 15.2 Å². The van der Waals surface area contributed by atoms with Gasteiger partial charge in [-0.15, -0.1) is 0 Å². The van der Waals surface area contributed by atoms with Gasteiger partial charge in [-0.25, -0.2) is 9.13 Å². The third-order valence-corrected chi connectivity index (χ3v) is 8.75. The van der Waals surface area contributed by atoms with Crippen LogP contribution in [0.15, 0.2) is 121 Å². The molecule has 4 aromatic carbocycles. The molecule has 0 heterocycles. The topological polar surface area (TPSA) is 71.1 Å². The van der Waals surface area contributed by atoms with E-state index < -0.39 is 15.2 Å². The van der Waals surface area contributed by atoms with Gasteiger partial charge >= 0.3 is 15.2 Å². The SMILES string of the molecule is O=P(CCCCP(=O)(Oc1ccccc1)Oc1ccccc1)(Oc1ccccc1)Oc1ccccc1. The molecule has 0 bridgehead atoms. The van der Waals surface area contributed by atoms with Gasteiger partial charge in [-0.1, -0.05) is 72.8 Å². The van der Waals surface area contributed by atoms with E-state index in [-0.39, 0.29) is 12.3 Å². The fourth-order valence-corrected chi connectivity index (χ4v) is 6.83. The molecule has 0 atom stereocenters. The maximum atomic E-state index is 13.7. The second-order valence-electron chi connectivity index (χ2n) is 7.99. The standard InChI is InChI=1S/C28H28O6P2/c29-35(31-25-15-5-1-6-16-25,32-26-17-7-2-8-18-26)23-13-14-24-36(30,33-27-19-9-3-10-20-27)34-28-21-11-4-12-22-28/h1-12,15-22H,13-14,23-24H2. The van der Waals surface area contributed by atoms with Crippen molar-refractivity contribution in [2.75, 3.05) is 12.3 Å². The summed E-state index contributed by atoms with van der Waals surface area (Å²) in [5.41, 5.74) is 0. The summed E-state index contributed by atoms with van der Waals surface area (Å²) in [6.45, 7) is 0. The van der Waals surface area contributed by atoms with Gasteiger partial charge in [0.1, 0.15) is 23.0 Å². The zero-order chi connectivity index (χ0) is 25.1.